The van der Waals surface area contributed by atoms with Crippen molar-refractivity contribution in [2.75, 3.05) is 6.54 Å². The molecule has 1 aliphatic rings. The predicted molar refractivity (Wildman–Crippen MR) is 83.7 cm³/mol. The van der Waals surface area contributed by atoms with Gasteiger partial charge in [-0.15, -0.1) is 0 Å². The first-order chi connectivity index (χ1) is 8.59. The maximum absolute atomic E-state index is 4.44. The summed E-state index contributed by atoms with van der Waals surface area (Å²) in [6, 6.07) is 8.52. The average Bonchev–Trinajstić information content (AvgIpc) is 2.49. The molecule has 102 valence electrons. The van der Waals surface area contributed by atoms with Gasteiger partial charge in [-0.2, -0.15) is 0 Å². The highest BCUT2D eigenvalue weighted by Gasteiger charge is 2.20. The molecule has 0 saturated carbocycles. The topological polar surface area (TPSA) is 12.4 Å². The predicted octanol–water partition coefficient (Wildman–Crippen LogP) is 5.13. The minimum Gasteiger partial charge on any atom is -0.292 e. The van der Waals surface area contributed by atoms with Crippen LogP contribution in [0, 0.1) is 5.41 Å². The second-order valence-corrected chi connectivity index (χ2v) is 5.22. The summed E-state index contributed by atoms with van der Waals surface area (Å²) in [5.74, 6) is 0. The van der Waals surface area contributed by atoms with Gasteiger partial charge in [-0.1, -0.05) is 72.2 Å². The molecule has 0 unspecified atom stereocenters. The maximum atomic E-state index is 4.44. The van der Waals surface area contributed by atoms with Gasteiger partial charge in [0.25, 0.3) is 0 Å². The minimum atomic E-state index is 0.309. The highest BCUT2D eigenvalue weighted by Crippen LogP contribution is 2.25. The van der Waals surface area contributed by atoms with Crippen molar-refractivity contribution in [3.8, 4) is 0 Å². The van der Waals surface area contributed by atoms with E-state index in [2.05, 4.69) is 57.0 Å². The summed E-state index contributed by atoms with van der Waals surface area (Å²) in [5, 5.41) is 0. The van der Waals surface area contributed by atoms with Crippen LogP contribution in [0.4, 0.5) is 0 Å². The molecule has 0 fully saturated rings. The molecule has 0 atom stereocenters. The van der Waals surface area contributed by atoms with E-state index in [1.165, 1.54) is 17.5 Å². The zero-order chi connectivity index (χ0) is 14.0. The van der Waals surface area contributed by atoms with Gasteiger partial charge < -0.3 is 0 Å². The number of benzene rings is 1. The number of aliphatic imine (C=N–C) groups is 1. The lowest BCUT2D eigenvalue weighted by Crippen LogP contribution is -2.17. The Labute approximate surface area is 113 Å². The lowest BCUT2D eigenvalue weighted by atomic mass is 9.85. The molecule has 1 aliphatic heterocycles. The third-order valence-electron chi connectivity index (χ3n) is 2.47. The van der Waals surface area contributed by atoms with Gasteiger partial charge in [0.2, 0.25) is 0 Å². The van der Waals surface area contributed by atoms with Crippen LogP contribution in [0.5, 0.6) is 0 Å². The van der Waals surface area contributed by atoms with E-state index in [-0.39, 0.29) is 0 Å². The lowest BCUT2D eigenvalue weighted by molar-refractivity contribution is 0.381. The van der Waals surface area contributed by atoms with Crippen LogP contribution >= 0.6 is 0 Å². The van der Waals surface area contributed by atoms with E-state index in [0.717, 1.165) is 13.0 Å². The zero-order valence-electron chi connectivity index (χ0n) is 13.0. The first-order valence-electron chi connectivity index (χ1n) is 7.17. The summed E-state index contributed by atoms with van der Waals surface area (Å²) in [7, 11) is 0. The highest BCUT2D eigenvalue weighted by molar-refractivity contribution is 5.82. The van der Waals surface area contributed by atoms with Gasteiger partial charge in [-0.3, -0.25) is 4.99 Å². The second kappa shape index (κ2) is 8.91. The number of hydrogen-bond donors (Lipinski definition) is 0. The van der Waals surface area contributed by atoms with Crippen LogP contribution in [0.3, 0.4) is 0 Å². The minimum absolute atomic E-state index is 0.309. The molecule has 1 heteroatoms. The summed E-state index contributed by atoms with van der Waals surface area (Å²) >= 11 is 0. The summed E-state index contributed by atoms with van der Waals surface area (Å²) in [6.07, 6.45) is 4.38. The highest BCUT2D eigenvalue weighted by atomic mass is 14.7. The van der Waals surface area contributed by atoms with Crippen LogP contribution in [0.15, 0.2) is 29.3 Å². The standard InChI is InChI=1S/C12H15N.C3H8.C2H6/c1-12(2)7-10-5-3-4-6-11(10)8-13-9-12;1-3-2;1-2/h3-6,8H,7,9H2,1-2H3;3H2,1-2H3;1-2H3. The first kappa shape index (κ1) is 16.9. The Morgan fingerprint density at radius 3 is 2.28 bits per heavy atom. The van der Waals surface area contributed by atoms with Crippen LogP contribution in [-0.4, -0.2) is 12.8 Å². The molecule has 18 heavy (non-hydrogen) atoms. The number of fused-ring (bicyclic) bond motifs is 1. The fourth-order valence-corrected chi connectivity index (χ4v) is 1.78. The third-order valence-corrected chi connectivity index (χ3v) is 2.47. The van der Waals surface area contributed by atoms with Crippen molar-refractivity contribution in [2.45, 2.75) is 54.4 Å². The van der Waals surface area contributed by atoms with Crippen molar-refractivity contribution >= 4 is 6.21 Å². The van der Waals surface area contributed by atoms with E-state index in [1.54, 1.807) is 0 Å². The molecule has 1 aromatic rings. The molecule has 1 heterocycles. The molecule has 0 aromatic heterocycles. The van der Waals surface area contributed by atoms with Crippen molar-refractivity contribution in [2.24, 2.45) is 10.4 Å². The molecule has 0 radical (unpaired) electrons. The van der Waals surface area contributed by atoms with E-state index in [9.17, 15) is 0 Å². The normalized spacial score (nSPS) is 15.2. The first-order valence-corrected chi connectivity index (χ1v) is 7.17. The van der Waals surface area contributed by atoms with E-state index in [4.69, 9.17) is 0 Å². The van der Waals surface area contributed by atoms with Gasteiger partial charge in [0.15, 0.2) is 0 Å². The Hall–Kier alpha value is -1.11. The Bertz CT molecular complexity index is 350. The Kier molecular flexibility index (Phi) is 8.36. The van der Waals surface area contributed by atoms with Gasteiger partial charge in [-0.25, -0.2) is 0 Å². The lowest BCUT2D eigenvalue weighted by Gasteiger charge is -2.20. The molecule has 0 saturated heterocycles. The van der Waals surface area contributed by atoms with Crippen molar-refractivity contribution in [1.82, 2.24) is 0 Å². The summed E-state index contributed by atoms with van der Waals surface area (Å²) in [5.41, 5.74) is 3.02. The monoisotopic (exact) mass is 247 g/mol. The molecule has 0 amide bonds. The number of hydrogen-bond acceptors (Lipinski definition) is 1. The molecule has 0 bridgehead atoms. The van der Waals surface area contributed by atoms with Crippen molar-refractivity contribution in [3.05, 3.63) is 35.4 Å². The SMILES string of the molecule is CC.CC1(C)CN=Cc2ccccc2C1.CCC. The second-order valence-electron chi connectivity index (χ2n) is 5.22. The van der Waals surface area contributed by atoms with Crippen LogP contribution in [-0.2, 0) is 6.42 Å². The maximum Gasteiger partial charge on any atom is 0.0443 e. The fraction of sp³-hybridized carbons (Fsp3) is 0.588. The van der Waals surface area contributed by atoms with Gasteiger partial charge in [0.05, 0.1) is 0 Å². The average molecular weight is 247 g/mol. The van der Waals surface area contributed by atoms with E-state index < -0.39 is 0 Å². The number of rotatable bonds is 0. The van der Waals surface area contributed by atoms with E-state index in [1.807, 2.05) is 20.1 Å². The van der Waals surface area contributed by atoms with Gasteiger partial charge in [0, 0.05) is 12.8 Å². The van der Waals surface area contributed by atoms with Gasteiger partial charge >= 0.3 is 0 Å². The van der Waals surface area contributed by atoms with Gasteiger partial charge in [0.1, 0.15) is 0 Å². The fourth-order valence-electron chi connectivity index (χ4n) is 1.78. The molecule has 1 aromatic carbocycles. The Morgan fingerprint density at radius 2 is 1.67 bits per heavy atom. The van der Waals surface area contributed by atoms with E-state index in [0.29, 0.717) is 5.41 Å². The van der Waals surface area contributed by atoms with Gasteiger partial charge in [-0.05, 0) is 23.0 Å². The summed E-state index contributed by atoms with van der Waals surface area (Å²) in [4.78, 5) is 4.44. The molecular weight excluding hydrogens is 218 g/mol. The molecule has 2 rings (SSSR count). The molecule has 0 N–H and O–H groups in total. The molecule has 0 aliphatic carbocycles. The largest absolute Gasteiger partial charge is 0.292 e. The van der Waals surface area contributed by atoms with E-state index >= 15 is 0 Å². The van der Waals surface area contributed by atoms with Crippen LogP contribution < -0.4 is 0 Å². The van der Waals surface area contributed by atoms with Crippen LogP contribution in [0.2, 0.25) is 0 Å². The van der Waals surface area contributed by atoms with Crippen molar-refractivity contribution in [1.29, 1.82) is 0 Å². The van der Waals surface area contributed by atoms with Crippen LogP contribution in [0.1, 0.15) is 59.1 Å². The Balaban J connectivity index is 0.000000509. The number of nitrogens with zero attached hydrogens (tertiary/aromatic N) is 1. The van der Waals surface area contributed by atoms with Crippen molar-refractivity contribution < 1.29 is 0 Å². The van der Waals surface area contributed by atoms with Crippen molar-refractivity contribution in [3.63, 3.8) is 0 Å². The molecule has 1 nitrogen and oxygen atoms in total. The summed E-state index contributed by atoms with van der Waals surface area (Å²) in [6.45, 7) is 13.7. The Morgan fingerprint density at radius 1 is 1.11 bits per heavy atom. The third kappa shape index (κ3) is 6.00. The summed E-state index contributed by atoms with van der Waals surface area (Å²) < 4.78 is 0. The molecular formula is C17H29N. The van der Waals surface area contributed by atoms with Crippen LogP contribution in [0.25, 0.3) is 0 Å². The zero-order valence-corrected chi connectivity index (χ0v) is 13.0. The molecule has 0 spiro atoms. The smallest absolute Gasteiger partial charge is 0.0443 e. The quantitative estimate of drug-likeness (QED) is 0.602.